The molecule has 1 rings (SSSR count). The number of nitrogens with zero attached hydrogens (tertiary/aromatic N) is 2. The van der Waals surface area contributed by atoms with Gasteiger partial charge in [-0.05, 0) is 11.5 Å². The van der Waals surface area contributed by atoms with E-state index in [4.69, 9.17) is 10.5 Å². The van der Waals surface area contributed by atoms with Crippen LogP contribution in [-0.2, 0) is 11.3 Å². The molecule has 1 heterocycles. The summed E-state index contributed by atoms with van der Waals surface area (Å²) in [5, 5.41) is 0.689. The zero-order chi connectivity index (χ0) is 8.97. The van der Waals surface area contributed by atoms with Gasteiger partial charge in [0.05, 0.1) is 13.2 Å². The van der Waals surface area contributed by atoms with Crippen molar-refractivity contribution >= 4 is 17.3 Å². The molecule has 12 heavy (non-hydrogen) atoms. The summed E-state index contributed by atoms with van der Waals surface area (Å²) >= 11 is 1.16. The minimum absolute atomic E-state index is 0.0524. The van der Waals surface area contributed by atoms with Crippen LogP contribution in [-0.4, -0.2) is 28.8 Å². The van der Waals surface area contributed by atoms with Gasteiger partial charge in [0.15, 0.2) is 0 Å². The van der Waals surface area contributed by atoms with Crippen molar-refractivity contribution in [3.63, 3.8) is 0 Å². The topological polar surface area (TPSA) is 78.1 Å². The van der Waals surface area contributed by atoms with E-state index in [9.17, 15) is 4.79 Å². The van der Waals surface area contributed by atoms with E-state index in [1.165, 1.54) is 0 Å². The van der Waals surface area contributed by atoms with Crippen molar-refractivity contribution in [2.45, 2.75) is 6.61 Å². The van der Waals surface area contributed by atoms with Gasteiger partial charge in [-0.15, -0.1) is 0 Å². The molecule has 2 N–H and O–H groups in total. The fraction of sp³-hybridized carbons (Fsp3) is 0.500. The van der Waals surface area contributed by atoms with Gasteiger partial charge in [-0.1, -0.05) is 0 Å². The fourth-order valence-electron chi connectivity index (χ4n) is 0.642. The summed E-state index contributed by atoms with van der Waals surface area (Å²) in [5.41, 5.74) is 5.13. The van der Waals surface area contributed by atoms with Crippen molar-refractivity contribution in [3.8, 4) is 0 Å². The van der Waals surface area contributed by atoms with Gasteiger partial charge >= 0.3 is 0 Å². The lowest BCUT2D eigenvalue weighted by Gasteiger charge is -1.88. The first kappa shape index (κ1) is 9.24. The number of aromatic nitrogens is 2. The van der Waals surface area contributed by atoms with Gasteiger partial charge in [0.1, 0.15) is 5.01 Å². The van der Waals surface area contributed by atoms with Crippen LogP contribution in [0.3, 0.4) is 0 Å². The average molecular weight is 187 g/mol. The minimum Gasteiger partial charge on any atom is -0.377 e. The molecule has 0 saturated carbocycles. The highest BCUT2D eigenvalue weighted by Gasteiger charge is 2.10. The standard InChI is InChI=1S/C6H9N3O2S/c1-11-3-5-8-6(9-12-5)4(10)2-7/h2-3,7H2,1H3. The van der Waals surface area contributed by atoms with Crippen LogP contribution in [0, 0.1) is 0 Å². The van der Waals surface area contributed by atoms with Crippen molar-refractivity contribution in [3.05, 3.63) is 10.8 Å². The summed E-state index contributed by atoms with van der Waals surface area (Å²) in [4.78, 5) is 14.9. The van der Waals surface area contributed by atoms with Gasteiger partial charge < -0.3 is 10.5 Å². The number of methoxy groups -OCH3 is 1. The first-order valence-electron chi connectivity index (χ1n) is 3.32. The molecule has 0 radical (unpaired) electrons. The molecule has 0 bridgehead atoms. The van der Waals surface area contributed by atoms with Crippen LogP contribution in [0.1, 0.15) is 15.6 Å². The molecule has 0 aliphatic heterocycles. The largest absolute Gasteiger partial charge is 0.377 e. The first-order chi connectivity index (χ1) is 5.77. The Hall–Kier alpha value is -0.850. The molecule has 0 atom stereocenters. The van der Waals surface area contributed by atoms with Crippen LogP contribution in [0.15, 0.2) is 0 Å². The maximum absolute atomic E-state index is 10.9. The number of hydrogen-bond donors (Lipinski definition) is 1. The number of ether oxygens (including phenoxy) is 1. The van der Waals surface area contributed by atoms with Gasteiger partial charge in [0.2, 0.25) is 11.6 Å². The Morgan fingerprint density at radius 3 is 3.08 bits per heavy atom. The Bertz CT molecular complexity index is 274. The predicted octanol–water partition coefficient (Wildman–Crippen LogP) is -0.174. The Labute approximate surface area is 73.7 Å². The summed E-state index contributed by atoms with van der Waals surface area (Å²) in [6, 6.07) is 0. The van der Waals surface area contributed by atoms with E-state index in [2.05, 4.69) is 9.36 Å². The van der Waals surface area contributed by atoms with Crippen molar-refractivity contribution in [2.24, 2.45) is 5.73 Å². The molecule has 6 heteroatoms. The van der Waals surface area contributed by atoms with Gasteiger partial charge in [-0.2, -0.15) is 4.37 Å². The van der Waals surface area contributed by atoms with Crippen molar-refractivity contribution in [1.29, 1.82) is 0 Å². The lowest BCUT2D eigenvalue weighted by atomic mass is 10.4. The van der Waals surface area contributed by atoms with E-state index < -0.39 is 0 Å². The van der Waals surface area contributed by atoms with Gasteiger partial charge in [-0.25, -0.2) is 4.98 Å². The number of rotatable bonds is 4. The normalized spacial score (nSPS) is 10.2. The van der Waals surface area contributed by atoms with Crippen molar-refractivity contribution in [2.75, 3.05) is 13.7 Å². The lowest BCUT2D eigenvalue weighted by Crippen LogP contribution is -2.14. The van der Waals surface area contributed by atoms with E-state index in [1.54, 1.807) is 7.11 Å². The summed E-state index contributed by atoms with van der Waals surface area (Å²) in [6.45, 7) is 0.332. The average Bonchev–Trinajstić information content (AvgIpc) is 2.52. The summed E-state index contributed by atoms with van der Waals surface area (Å²) < 4.78 is 8.65. The van der Waals surface area contributed by atoms with E-state index >= 15 is 0 Å². The van der Waals surface area contributed by atoms with E-state index in [0.717, 1.165) is 11.5 Å². The number of Topliss-reactive ketones (excluding diaryl/α,β-unsaturated/α-hetero) is 1. The molecule has 0 aromatic carbocycles. The van der Waals surface area contributed by atoms with Crippen LogP contribution in [0.2, 0.25) is 0 Å². The molecule has 0 aliphatic carbocycles. The molecular formula is C6H9N3O2S. The number of ketones is 1. The zero-order valence-corrected chi connectivity index (χ0v) is 7.43. The zero-order valence-electron chi connectivity index (χ0n) is 6.61. The fourth-order valence-corrected chi connectivity index (χ4v) is 1.27. The highest BCUT2D eigenvalue weighted by atomic mass is 32.1. The van der Waals surface area contributed by atoms with Crippen LogP contribution in [0.25, 0.3) is 0 Å². The quantitative estimate of drug-likeness (QED) is 0.662. The molecule has 0 amide bonds. The molecule has 0 unspecified atom stereocenters. The van der Waals surface area contributed by atoms with Gasteiger partial charge in [0.25, 0.3) is 0 Å². The molecule has 0 saturated heterocycles. The van der Waals surface area contributed by atoms with Crippen LogP contribution < -0.4 is 5.73 Å². The highest BCUT2D eigenvalue weighted by molar-refractivity contribution is 7.05. The molecule has 1 aromatic heterocycles. The second-order valence-corrected chi connectivity index (χ2v) is 2.91. The van der Waals surface area contributed by atoms with Gasteiger partial charge in [0, 0.05) is 7.11 Å². The Morgan fingerprint density at radius 1 is 1.75 bits per heavy atom. The monoisotopic (exact) mass is 187 g/mol. The molecule has 0 spiro atoms. The summed E-state index contributed by atoms with van der Waals surface area (Å²) in [7, 11) is 1.56. The van der Waals surface area contributed by atoms with E-state index in [0.29, 0.717) is 11.6 Å². The Balaban J connectivity index is 2.70. The lowest BCUT2D eigenvalue weighted by molar-refractivity contribution is 0.0992. The SMILES string of the molecule is COCc1nc(C(=O)CN)ns1. The Kier molecular flexibility index (Phi) is 3.27. The third-order valence-electron chi connectivity index (χ3n) is 1.17. The molecule has 1 aromatic rings. The number of hydrogen-bond acceptors (Lipinski definition) is 6. The maximum Gasteiger partial charge on any atom is 0.214 e. The molecular weight excluding hydrogens is 178 g/mol. The number of carbonyl (C=O) groups is 1. The third-order valence-corrected chi connectivity index (χ3v) is 1.85. The van der Waals surface area contributed by atoms with Crippen LogP contribution in [0.4, 0.5) is 0 Å². The van der Waals surface area contributed by atoms with Crippen molar-refractivity contribution in [1.82, 2.24) is 9.36 Å². The predicted molar refractivity (Wildman–Crippen MR) is 44.0 cm³/mol. The van der Waals surface area contributed by atoms with Crippen LogP contribution >= 0.6 is 11.5 Å². The summed E-state index contributed by atoms with van der Waals surface area (Å²) in [6.07, 6.45) is 0. The molecule has 66 valence electrons. The van der Waals surface area contributed by atoms with Crippen molar-refractivity contribution < 1.29 is 9.53 Å². The molecule has 0 aliphatic rings. The molecule has 0 fully saturated rings. The Morgan fingerprint density at radius 2 is 2.50 bits per heavy atom. The smallest absolute Gasteiger partial charge is 0.214 e. The number of carbonyl (C=O) groups excluding carboxylic acids is 1. The molecule has 5 nitrogen and oxygen atoms in total. The van der Waals surface area contributed by atoms with E-state index in [-0.39, 0.29) is 18.2 Å². The summed E-state index contributed by atoms with van der Waals surface area (Å²) in [5.74, 6) is -0.0526. The van der Waals surface area contributed by atoms with E-state index in [1.807, 2.05) is 0 Å². The number of nitrogens with two attached hydrogens (primary N) is 1. The second kappa shape index (κ2) is 4.24. The highest BCUT2D eigenvalue weighted by Crippen LogP contribution is 2.05. The van der Waals surface area contributed by atoms with Crippen LogP contribution in [0.5, 0.6) is 0 Å². The maximum atomic E-state index is 10.9. The van der Waals surface area contributed by atoms with Gasteiger partial charge in [-0.3, -0.25) is 4.79 Å². The first-order valence-corrected chi connectivity index (χ1v) is 4.10. The third kappa shape index (κ3) is 2.07. The second-order valence-electron chi connectivity index (χ2n) is 2.07. The minimum atomic E-state index is -0.242.